The van der Waals surface area contributed by atoms with Crippen molar-refractivity contribution in [2.45, 2.75) is 31.7 Å². The highest BCUT2D eigenvalue weighted by atomic mass is 15.2. The molecule has 1 aromatic heterocycles. The van der Waals surface area contributed by atoms with Crippen molar-refractivity contribution in [3.05, 3.63) is 18.3 Å². The summed E-state index contributed by atoms with van der Waals surface area (Å²) in [5.74, 6) is 1.87. The first kappa shape index (κ1) is 11.8. The molecule has 0 radical (unpaired) electrons. The fraction of sp³-hybridized carbons (Fsp3) is 0.643. The summed E-state index contributed by atoms with van der Waals surface area (Å²) < 4.78 is 0. The van der Waals surface area contributed by atoms with E-state index in [9.17, 15) is 0 Å². The summed E-state index contributed by atoms with van der Waals surface area (Å²) in [5, 5.41) is 3.39. The van der Waals surface area contributed by atoms with Crippen LogP contribution in [0.15, 0.2) is 18.3 Å². The van der Waals surface area contributed by atoms with Crippen molar-refractivity contribution in [2.24, 2.45) is 11.7 Å². The van der Waals surface area contributed by atoms with E-state index >= 15 is 0 Å². The number of anilines is 2. The molecule has 1 atom stereocenters. The number of nitrogens with zero attached hydrogens (tertiary/aromatic N) is 2. The lowest BCUT2D eigenvalue weighted by molar-refractivity contribution is 0.506. The summed E-state index contributed by atoms with van der Waals surface area (Å²) in [5.41, 5.74) is 7.20. The van der Waals surface area contributed by atoms with Gasteiger partial charge < -0.3 is 16.0 Å². The van der Waals surface area contributed by atoms with E-state index in [2.05, 4.69) is 27.3 Å². The number of nitrogens with one attached hydrogen (secondary N) is 1. The highest BCUT2D eigenvalue weighted by Gasteiger charge is 2.21. The zero-order valence-electron chi connectivity index (χ0n) is 10.8. The monoisotopic (exact) mass is 246 g/mol. The third-order valence-corrected chi connectivity index (χ3v) is 3.84. The zero-order valence-corrected chi connectivity index (χ0v) is 10.8. The summed E-state index contributed by atoms with van der Waals surface area (Å²) in [6, 6.07) is 4.55. The van der Waals surface area contributed by atoms with Gasteiger partial charge in [-0.25, -0.2) is 4.98 Å². The molecule has 3 rings (SSSR count). The van der Waals surface area contributed by atoms with Crippen molar-refractivity contribution in [3.63, 3.8) is 0 Å². The molecule has 3 N–H and O–H groups in total. The van der Waals surface area contributed by atoms with Crippen LogP contribution in [0.3, 0.4) is 0 Å². The molecule has 2 fully saturated rings. The Kier molecular flexibility index (Phi) is 3.37. The van der Waals surface area contributed by atoms with Gasteiger partial charge in [0.25, 0.3) is 0 Å². The van der Waals surface area contributed by atoms with Crippen molar-refractivity contribution < 1.29 is 0 Å². The van der Waals surface area contributed by atoms with Gasteiger partial charge in [-0.2, -0.15) is 0 Å². The Morgan fingerprint density at radius 1 is 1.33 bits per heavy atom. The van der Waals surface area contributed by atoms with E-state index in [4.69, 9.17) is 5.73 Å². The lowest BCUT2D eigenvalue weighted by Gasteiger charge is -2.32. The van der Waals surface area contributed by atoms with Gasteiger partial charge in [0.15, 0.2) is 0 Å². The first-order valence-corrected chi connectivity index (χ1v) is 7.02. The maximum absolute atomic E-state index is 6.01. The molecular weight excluding hydrogens is 224 g/mol. The van der Waals surface area contributed by atoms with E-state index in [1.807, 2.05) is 6.20 Å². The second-order valence-corrected chi connectivity index (χ2v) is 5.57. The number of nitrogens with two attached hydrogens (primary N) is 1. The van der Waals surface area contributed by atoms with Gasteiger partial charge in [-0.15, -0.1) is 0 Å². The molecule has 18 heavy (non-hydrogen) atoms. The molecule has 4 heteroatoms. The molecule has 0 unspecified atom stereocenters. The molecule has 1 aromatic rings. The maximum atomic E-state index is 6.01. The van der Waals surface area contributed by atoms with Gasteiger partial charge in [0.05, 0.1) is 11.9 Å². The normalized spacial score (nSPS) is 24.1. The molecule has 0 spiro atoms. The number of rotatable bonds is 4. The van der Waals surface area contributed by atoms with E-state index in [-0.39, 0.29) is 0 Å². The summed E-state index contributed by atoms with van der Waals surface area (Å²) in [6.07, 6.45) is 7.04. The molecule has 1 aliphatic heterocycles. The molecule has 0 amide bonds. The number of pyridine rings is 1. The molecule has 0 aromatic carbocycles. The van der Waals surface area contributed by atoms with Gasteiger partial charge in [-0.1, -0.05) is 0 Å². The SMILES string of the molecule is N[C@H]1CCCN(c2ccc(NCC3CC3)nc2)C1. The molecule has 1 aliphatic carbocycles. The van der Waals surface area contributed by atoms with Gasteiger partial charge in [-0.05, 0) is 43.7 Å². The van der Waals surface area contributed by atoms with E-state index in [0.717, 1.165) is 37.8 Å². The van der Waals surface area contributed by atoms with E-state index < -0.39 is 0 Å². The Bertz CT molecular complexity index is 385. The van der Waals surface area contributed by atoms with Crippen molar-refractivity contribution >= 4 is 11.5 Å². The van der Waals surface area contributed by atoms with Gasteiger partial charge in [0.2, 0.25) is 0 Å². The molecular formula is C14H22N4. The van der Waals surface area contributed by atoms with Crippen molar-refractivity contribution in [1.29, 1.82) is 0 Å². The minimum Gasteiger partial charge on any atom is -0.370 e. The highest BCUT2D eigenvalue weighted by Crippen LogP contribution is 2.28. The average molecular weight is 246 g/mol. The van der Waals surface area contributed by atoms with Gasteiger partial charge in [-0.3, -0.25) is 0 Å². The quantitative estimate of drug-likeness (QED) is 0.851. The highest BCUT2D eigenvalue weighted by molar-refractivity contribution is 5.50. The summed E-state index contributed by atoms with van der Waals surface area (Å²) in [4.78, 5) is 6.82. The van der Waals surface area contributed by atoms with Crippen LogP contribution >= 0.6 is 0 Å². The zero-order chi connectivity index (χ0) is 12.4. The van der Waals surface area contributed by atoms with Crippen molar-refractivity contribution in [3.8, 4) is 0 Å². The third-order valence-electron chi connectivity index (χ3n) is 3.84. The minimum atomic E-state index is 0.311. The standard InChI is InChI=1S/C14H22N4/c15-12-2-1-7-18(10-12)13-5-6-14(17-9-13)16-8-11-3-4-11/h5-6,9,11-12H,1-4,7-8,10,15H2,(H,16,17)/t12-/m0/s1. The lowest BCUT2D eigenvalue weighted by Crippen LogP contribution is -2.42. The van der Waals surface area contributed by atoms with E-state index in [1.165, 1.54) is 24.9 Å². The third kappa shape index (κ3) is 2.93. The van der Waals surface area contributed by atoms with Crippen LogP contribution in [0.4, 0.5) is 11.5 Å². The van der Waals surface area contributed by atoms with Crippen molar-refractivity contribution in [1.82, 2.24) is 4.98 Å². The second-order valence-electron chi connectivity index (χ2n) is 5.57. The number of aromatic nitrogens is 1. The fourth-order valence-corrected chi connectivity index (χ4v) is 2.49. The average Bonchev–Trinajstić information content (AvgIpc) is 3.21. The Balaban J connectivity index is 1.58. The molecule has 2 aliphatic rings. The van der Waals surface area contributed by atoms with Crippen LogP contribution < -0.4 is 16.0 Å². The molecule has 0 bridgehead atoms. The number of piperidine rings is 1. The maximum Gasteiger partial charge on any atom is 0.126 e. The number of hydrogen-bond donors (Lipinski definition) is 2. The first-order chi connectivity index (χ1) is 8.81. The Morgan fingerprint density at radius 3 is 2.89 bits per heavy atom. The lowest BCUT2D eigenvalue weighted by atomic mass is 10.1. The predicted molar refractivity (Wildman–Crippen MR) is 74.9 cm³/mol. The van der Waals surface area contributed by atoms with E-state index in [0.29, 0.717) is 6.04 Å². The summed E-state index contributed by atoms with van der Waals surface area (Å²) in [6.45, 7) is 3.13. The molecule has 2 heterocycles. The van der Waals surface area contributed by atoms with Gasteiger partial charge in [0.1, 0.15) is 5.82 Å². The van der Waals surface area contributed by atoms with Crippen LogP contribution in [-0.2, 0) is 0 Å². The number of hydrogen-bond acceptors (Lipinski definition) is 4. The predicted octanol–water partition coefficient (Wildman–Crippen LogP) is 1.83. The van der Waals surface area contributed by atoms with Crippen LogP contribution in [-0.4, -0.2) is 30.7 Å². The van der Waals surface area contributed by atoms with Gasteiger partial charge >= 0.3 is 0 Å². The first-order valence-electron chi connectivity index (χ1n) is 7.02. The van der Waals surface area contributed by atoms with Crippen LogP contribution in [0.1, 0.15) is 25.7 Å². The Morgan fingerprint density at radius 2 is 2.22 bits per heavy atom. The van der Waals surface area contributed by atoms with Gasteiger partial charge in [0, 0.05) is 25.7 Å². The molecule has 4 nitrogen and oxygen atoms in total. The summed E-state index contributed by atoms with van der Waals surface area (Å²) >= 11 is 0. The molecule has 1 saturated heterocycles. The summed E-state index contributed by atoms with van der Waals surface area (Å²) in [7, 11) is 0. The molecule has 98 valence electrons. The Hall–Kier alpha value is -1.29. The fourth-order valence-electron chi connectivity index (χ4n) is 2.49. The molecule has 1 saturated carbocycles. The van der Waals surface area contributed by atoms with Crippen LogP contribution in [0.25, 0.3) is 0 Å². The van der Waals surface area contributed by atoms with Crippen LogP contribution in [0.2, 0.25) is 0 Å². The smallest absolute Gasteiger partial charge is 0.126 e. The Labute approximate surface area is 109 Å². The van der Waals surface area contributed by atoms with Crippen LogP contribution in [0, 0.1) is 5.92 Å². The largest absolute Gasteiger partial charge is 0.370 e. The van der Waals surface area contributed by atoms with Crippen molar-refractivity contribution in [2.75, 3.05) is 29.9 Å². The topological polar surface area (TPSA) is 54.2 Å². The minimum absolute atomic E-state index is 0.311. The van der Waals surface area contributed by atoms with E-state index in [1.54, 1.807) is 0 Å². The second kappa shape index (κ2) is 5.14. The van der Waals surface area contributed by atoms with Crippen LogP contribution in [0.5, 0.6) is 0 Å².